The van der Waals surface area contributed by atoms with Gasteiger partial charge in [0, 0.05) is 12.5 Å². The van der Waals surface area contributed by atoms with Gasteiger partial charge in [0.15, 0.2) is 0 Å². The standard InChI is InChI=1S/C21H27NO2/c1-24-19-14-13-17-8-5-7-16(20(17)15-19)9-6-12-21(23)22-18-10-3-2-4-11-18/h5,7-8,13-15,18H,2-4,6,9-12H2,1H3,(H,22,23). The smallest absolute Gasteiger partial charge is 0.220 e. The van der Waals surface area contributed by atoms with Crippen LogP contribution in [-0.4, -0.2) is 19.1 Å². The van der Waals surface area contributed by atoms with Gasteiger partial charge >= 0.3 is 0 Å². The summed E-state index contributed by atoms with van der Waals surface area (Å²) in [6, 6.07) is 12.9. The van der Waals surface area contributed by atoms with E-state index in [2.05, 4.69) is 35.6 Å². The number of benzene rings is 2. The molecule has 0 unspecified atom stereocenters. The Bertz CT molecular complexity index is 689. The predicted octanol–water partition coefficient (Wildman–Crippen LogP) is 4.62. The van der Waals surface area contributed by atoms with Crippen molar-refractivity contribution in [2.45, 2.75) is 57.4 Å². The van der Waals surface area contributed by atoms with Crippen molar-refractivity contribution < 1.29 is 9.53 Å². The summed E-state index contributed by atoms with van der Waals surface area (Å²) in [5, 5.41) is 5.65. The fourth-order valence-corrected chi connectivity index (χ4v) is 3.65. The van der Waals surface area contributed by atoms with Crippen molar-refractivity contribution in [1.29, 1.82) is 0 Å². The fourth-order valence-electron chi connectivity index (χ4n) is 3.65. The number of nitrogens with one attached hydrogen (secondary N) is 1. The molecule has 0 heterocycles. The molecule has 1 fully saturated rings. The Morgan fingerprint density at radius 1 is 1.17 bits per heavy atom. The number of rotatable bonds is 6. The van der Waals surface area contributed by atoms with Crippen LogP contribution in [0.1, 0.15) is 50.5 Å². The van der Waals surface area contributed by atoms with Crippen molar-refractivity contribution in [1.82, 2.24) is 5.32 Å². The van der Waals surface area contributed by atoms with Gasteiger partial charge in [-0.3, -0.25) is 4.79 Å². The molecule has 3 heteroatoms. The van der Waals surface area contributed by atoms with Gasteiger partial charge in [-0.1, -0.05) is 43.5 Å². The minimum atomic E-state index is 0.208. The molecule has 1 aliphatic carbocycles. The fraction of sp³-hybridized carbons (Fsp3) is 0.476. The normalized spacial score (nSPS) is 15.4. The van der Waals surface area contributed by atoms with E-state index in [0.717, 1.165) is 31.4 Å². The molecule has 0 radical (unpaired) electrons. The van der Waals surface area contributed by atoms with Gasteiger partial charge in [0.05, 0.1) is 7.11 Å². The monoisotopic (exact) mass is 325 g/mol. The van der Waals surface area contributed by atoms with Crippen LogP contribution in [-0.2, 0) is 11.2 Å². The number of carbonyl (C=O) groups is 1. The number of carbonyl (C=O) groups excluding carboxylic acids is 1. The van der Waals surface area contributed by atoms with Crippen molar-refractivity contribution in [3.8, 4) is 5.75 Å². The molecule has 2 aromatic carbocycles. The highest BCUT2D eigenvalue weighted by Gasteiger charge is 2.15. The van der Waals surface area contributed by atoms with Crippen molar-refractivity contribution >= 4 is 16.7 Å². The molecule has 0 saturated heterocycles. The first-order chi connectivity index (χ1) is 11.8. The average molecular weight is 325 g/mol. The van der Waals surface area contributed by atoms with Gasteiger partial charge in [0.1, 0.15) is 5.75 Å². The van der Waals surface area contributed by atoms with Crippen molar-refractivity contribution in [2.24, 2.45) is 0 Å². The summed E-state index contributed by atoms with van der Waals surface area (Å²) in [4.78, 5) is 12.1. The summed E-state index contributed by atoms with van der Waals surface area (Å²) in [5.74, 6) is 1.09. The van der Waals surface area contributed by atoms with E-state index in [1.165, 1.54) is 35.6 Å². The highest BCUT2D eigenvalue weighted by molar-refractivity contribution is 5.87. The number of hydrogen-bond donors (Lipinski definition) is 1. The molecule has 24 heavy (non-hydrogen) atoms. The molecule has 1 amide bonds. The summed E-state index contributed by atoms with van der Waals surface area (Å²) in [6.45, 7) is 0. The third-order valence-electron chi connectivity index (χ3n) is 5.00. The topological polar surface area (TPSA) is 38.3 Å². The van der Waals surface area contributed by atoms with Gasteiger partial charge < -0.3 is 10.1 Å². The predicted molar refractivity (Wildman–Crippen MR) is 98.5 cm³/mol. The second-order valence-electron chi connectivity index (χ2n) is 6.76. The lowest BCUT2D eigenvalue weighted by molar-refractivity contribution is -0.122. The van der Waals surface area contributed by atoms with Crippen LogP contribution < -0.4 is 10.1 Å². The highest BCUT2D eigenvalue weighted by Crippen LogP contribution is 2.25. The molecule has 0 aliphatic heterocycles. The molecule has 0 spiro atoms. The Hall–Kier alpha value is -2.03. The first-order valence-corrected chi connectivity index (χ1v) is 9.11. The molecule has 1 saturated carbocycles. The second kappa shape index (κ2) is 8.18. The Kier molecular flexibility index (Phi) is 5.73. The van der Waals surface area contributed by atoms with E-state index in [4.69, 9.17) is 4.74 Å². The van der Waals surface area contributed by atoms with Crippen LogP contribution in [0.2, 0.25) is 0 Å². The third kappa shape index (κ3) is 4.28. The van der Waals surface area contributed by atoms with E-state index < -0.39 is 0 Å². The molecule has 3 nitrogen and oxygen atoms in total. The van der Waals surface area contributed by atoms with Crippen molar-refractivity contribution in [2.75, 3.05) is 7.11 Å². The second-order valence-corrected chi connectivity index (χ2v) is 6.76. The minimum Gasteiger partial charge on any atom is -0.497 e. The Morgan fingerprint density at radius 2 is 2.00 bits per heavy atom. The minimum absolute atomic E-state index is 0.208. The number of ether oxygens (including phenoxy) is 1. The molecular formula is C21H27NO2. The first-order valence-electron chi connectivity index (χ1n) is 9.11. The first kappa shape index (κ1) is 16.8. The van der Waals surface area contributed by atoms with Crippen molar-refractivity contribution in [3.05, 3.63) is 42.0 Å². The SMILES string of the molecule is COc1ccc2cccc(CCCC(=O)NC3CCCCC3)c2c1. The zero-order chi connectivity index (χ0) is 16.8. The van der Waals surface area contributed by atoms with Crippen molar-refractivity contribution in [3.63, 3.8) is 0 Å². The van der Waals surface area contributed by atoms with E-state index in [0.29, 0.717) is 12.5 Å². The molecule has 0 aromatic heterocycles. The van der Waals surface area contributed by atoms with Gasteiger partial charge in [0.2, 0.25) is 5.91 Å². The summed E-state index contributed by atoms with van der Waals surface area (Å²) in [5.41, 5.74) is 1.29. The van der Waals surface area contributed by atoms with Gasteiger partial charge in [-0.15, -0.1) is 0 Å². The molecule has 1 aliphatic rings. The van der Waals surface area contributed by atoms with Crippen LogP contribution in [0.25, 0.3) is 10.8 Å². The number of amides is 1. The van der Waals surface area contributed by atoms with Gasteiger partial charge in [0.25, 0.3) is 0 Å². The number of hydrogen-bond acceptors (Lipinski definition) is 2. The van der Waals surface area contributed by atoms with Gasteiger partial charge in [-0.25, -0.2) is 0 Å². The summed E-state index contributed by atoms with van der Waals surface area (Å²) in [6.07, 6.45) is 8.53. The molecule has 2 aromatic rings. The molecule has 0 atom stereocenters. The highest BCUT2D eigenvalue weighted by atomic mass is 16.5. The molecular weight excluding hydrogens is 298 g/mol. The molecule has 3 rings (SSSR count). The van der Waals surface area contributed by atoms with Crippen LogP contribution in [0.3, 0.4) is 0 Å². The van der Waals surface area contributed by atoms with Crippen LogP contribution in [0.5, 0.6) is 5.75 Å². The largest absolute Gasteiger partial charge is 0.497 e. The summed E-state index contributed by atoms with van der Waals surface area (Å²) in [7, 11) is 1.69. The van der Waals surface area contributed by atoms with E-state index in [1.807, 2.05) is 6.07 Å². The maximum Gasteiger partial charge on any atom is 0.220 e. The lowest BCUT2D eigenvalue weighted by Crippen LogP contribution is -2.36. The number of fused-ring (bicyclic) bond motifs is 1. The maximum atomic E-state index is 12.1. The summed E-state index contributed by atoms with van der Waals surface area (Å²) < 4.78 is 5.34. The lowest BCUT2D eigenvalue weighted by Gasteiger charge is -2.22. The number of aryl methyl sites for hydroxylation is 1. The van der Waals surface area contributed by atoms with E-state index in [-0.39, 0.29) is 5.91 Å². The lowest BCUT2D eigenvalue weighted by atomic mass is 9.95. The average Bonchev–Trinajstić information content (AvgIpc) is 2.62. The molecule has 1 N–H and O–H groups in total. The van der Waals surface area contributed by atoms with Crippen LogP contribution in [0.15, 0.2) is 36.4 Å². The van der Waals surface area contributed by atoms with Crippen LogP contribution in [0, 0.1) is 0 Å². The molecule has 0 bridgehead atoms. The molecule has 128 valence electrons. The Balaban J connectivity index is 1.56. The number of methoxy groups -OCH3 is 1. The zero-order valence-corrected chi connectivity index (χ0v) is 14.5. The third-order valence-corrected chi connectivity index (χ3v) is 5.00. The zero-order valence-electron chi connectivity index (χ0n) is 14.5. The maximum absolute atomic E-state index is 12.1. The van der Waals surface area contributed by atoms with Gasteiger partial charge in [-0.05, 0) is 54.2 Å². The van der Waals surface area contributed by atoms with Crippen LogP contribution in [0.4, 0.5) is 0 Å². The summed E-state index contributed by atoms with van der Waals surface area (Å²) >= 11 is 0. The van der Waals surface area contributed by atoms with E-state index in [1.54, 1.807) is 7.11 Å². The van der Waals surface area contributed by atoms with E-state index >= 15 is 0 Å². The quantitative estimate of drug-likeness (QED) is 0.841. The van der Waals surface area contributed by atoms with Crippen LogP contribution >= 0.6 is 0 Å². The van der Waals surface area contributed by atoms with E-state index in [9.17, 15) is 4.79 Å². The Labute approximate surface area is 144 Å². The Morgan fingerprint density at radius 3 is 2.79 bits per heavy atom. The van der Waals surface area contributed by atoms with Gasteiger partial charge in [-0.2, -0.15) is 0 Å².